The Morgan fingerprint density at radius 2 is 2.00 bits per heavy atom. The number of nitrogens with zero attached hydrogens (tertiary/aromatic N) is 1. The molecular formula is C18H21FN2O4S. The summed E-state index contributed by atoms with van der Waals surface area (Å²) in [5, 5.41) is 2.74. The molecule has 0 aliphatic carbocycles. The SMILES string of the molecule is CCOc1nc(C)ccc1C(=O)N[C@H](C)c1ccc(S(C)(=O)=O)c(F)c1. The molecule has 0 spiro atoms. The van der Waals surface area contributed by atoms with Crippen molar-refractivity contribution >= 4 is 15.7 Å². The normalized spacial score (nSPS) is 12.5. The zero-order valence-corrected chi connectivity index (χ0v) is 15.9. The fourth-order valence-corrected chi connectivity index (χ4v) is 3.13. The van der Waals surface area contributed by atoms with E-state index >= 15 is 0 Å². The molecule has 1 aromatic carbocycles. The van der Waals surface area contributed by atoms with Gasteiger partial charge in [0.05, 0.1) is 12.6 Å². The summed E-state index contributed by atoms with van der Waals surface area (Å²) in [6, 6.07) is 6.55. The predicted molar refractivity (Wildman–Crippen MR) is 95.5 cm³/mol. The van der Waals surface area contributed by atoms with Crippen LogP contribution in [0.2, 0.25) is 0 Å². The minimum Gasteiger partial charge on any atom is -0.477 e. The number of ether oxygens (including phenoxy) is 1. The second kappa shape index (κ2) is 7.82. The van der Waals surface area contributed by atoms with Crippen molar-refractivity contribution in [1.82, 2.24) is 10.3 Å². The third kappa shape index (κ3) is 4.57. The van der Waals surface area contributed by atoms with Gasteiger partial charge in [0.2, 0.25) is 5.88 Å². The Balaban J connectivity index is 2.24. The van der Waals surface area contributed by atoms with Crippen molar-refractivity contribution in [2.45, 2.75) is 31.7 Å². The maximum Gasteiger partial charge on any atom is 0.257 e. The molecule has 140 valence electrons. The first-order chi connectivity index (χ1) is 12.1. The molecule has 0 aliphatic rings. The van der Waals surface area contributed by atoms with Crippen molar-refractivity contribution in [2.24, 2.45) is 0 Å². The number of aryl methyl sites for hydroxylation is 1. The van der Waals surface area contributed by atoms with E-state index in [0.717, 1.165) is 18.0 Å². The van der Waals surface area contributed by atoms with Crippen LogP contribution in [0.3, 0.4) is 0 Å². The molecule has 0 fully saturated rings. The average molecular weight is 380 g/mol. The second-order valence-corrected chi connectivity index (χ2v) is 7.88. The van der Waals surface area contributed by atoms with E-state index in [1.54, 1.807) is 32.9 Å². The molecule has 0 unspecified atom stereocenters. The van der Waals surface area contributed by atoms with Gasteiger partial charge >= 0.3 is 0 Å². The molecule has 1 amide bonds. The van der Waals surface area contributed by atoms with Crippen LogP contribution < -0.4 is 10.1 Å². The highest BCUT2D eigenvalue weighted by Crippen LogP contribution is 2.22. The standard InChI is InChI=1S/C18H21FN2O4S/c1-5-25-18-14(8-6-11(2)20-18)17(22)21-12(3)13-7-9-16(15(19)10-13)26(4,23)24/h6-10,12H,5H2,1-4H3,(H,21,22)/t12-/m1/s1. The van der Waals surface area contributed by atoms with Crippen LogP contribution in [0.25, 0.3) is 0 Å². The van der Waals surface area contributed by atoms with Gasteiger partial charge < -0.3 is 10.1 Å². The molecule has 6 nitrogen and oxygen atoms in total. The van der Waals surface area contributed by atoms with Crippen LogP contribution in [0, 0.1) is 12.7 Å². The van der Waals surface area contributed by atoms with Gasteiger partial charge in [0, 0.05) is 11.9 Å². The summed E-state index contributed by atoms with van der Waals surface area (Å²) in [6.07, 6.45) is 0.940. The van der Waals surface area contributed by atoms with Gasteiger partial charge in [-0.2, -0.15) is 0 Å². The Bertz CT molecular complexity index is 929. The number of halogens is 1. The van der Waals surface area contributed by atoms with Gasteiger partial charge in [0.1, 0.15) is 16.3 Å². The first-order valence-corrected chi connectivity index (χ1v) is 9.93. The number of hydrogen-bond acceptors (Lipinski definition) is 5. The van der Waals surface area contributed by atoms with Crippen molar-refractivity contribution in [2.75, 3.05) is 12.9 Å². The number of pyridine rings is 1. The fraction of sp³-hybridized carbons (Fsp3) is 0.333. The summed E-state index contributed by atoms with van der Waals surface area (Å²) in [5.41, 5.74) is 1.44. The Morgan fingerprint density at radius 3 is 2.58 bits per heavy atom. The molecule has 0 saturated carbocycles. The molecule has 1 N–H and O–H groups in total. The molecule has 0 bridgehead atoms. The molecule has 0 saturated heterocycles. The van der Waals surface area contributed by atoms with E-state index < -0.39 is 27.6 Å². The summed E-state index contributed by atoms with van der Waals surface area (Å²) in [6.45, 7) is 5.62. The number of amides is 1. The summed E-state index contributed by atoms with van der Waals surface area (Å²) < 4.78 is 42.4. The van der Waals surface area contributed by atoms with Gasteiger partial charge in [-0.25, -0.2) is 17.8 Å². The van der Waals surface area contributed by atoms with Crippen LogP contribution >= 0.6 is 0 Å². The van der Waals surface area contributed by atoms with Gasteiger partial charge in [-0.3, -0.25) is 4.79 Å². The van der Waals surface area contributed by atoms with Crippen LogP contribution in [0.4, 0.5) is 4.39 Å². The molecule has 2 rings (SSSR count). The lowest BCUT2D eigenvalue weighted by Gasteiger charge is -2.16. The third-order valence-corrected chi connectivity index (χ3v) is 4.86. The van der Waals surface area contributed by atoms with Gasteiger partial charge in [0.15, 0.2) is 9.84 Å². The van der Waals surface area contributed by atoms with Crippen LogP contribution in [0.15, 0.2) is 35.2 Å². The summed E-state index contributed by atoms with van der Waals surface area (Å²) in [4.78, 5) is 16.4. The monoisotopic (exact) mass is 380 g/mol. The van der Waals surface area contributed by atoms with Gasteiger partial charge in [-0.05, 0) is 50.6 Å². The highest BCUT2D eigenvalue weighted by atomic mass is 32.2. The topological polar surface area (TPSA) is 85.4 Å². The minimum absolute atomic E-state index is 0.232. The number of aromatic nitrogens is 1. The van der Waals surface area contributed by atoms with Crippen molar-refractivity contribution in [3.05, 3.63) is 53.0 Å². The molecule has 1 atom stereocenters. The fourth-order valence-electron chi connectivity index (χ4n) is 2.40. The van der Waals surface area contributed by atoms with Gasteiger partial charge in [-0.15, -0.1) is 0 Å². The highest BCUT2D eigenvalue weighted by Gasteiger charge is 2.19. The highest BCUT2D eigenvalue weighted by molar-refractivity contribution is 7.90. The van der Waals surface area contributed by atoms with Crippen LogP contribution in [-0.2, 0) is 9.84 Å². The second-order valence-electron chi connectivity index (χ2n) is 5.90. The van der Waals surface area contributed by atoms with E-state index in [2.05, 4.69) is 10.3 Å². The van der Waals surface area contributed by atoms with Crippen LogP contribution in [0.5, 0.6) is 5.88 Å². The molecule has 0 aliphatic heterocycles. The Morgan fingerprint density at radius 1 is 1.31 bits per heavy atom. The zero-order chi connectivity index (χ0) is 19.5. The zero-order valence-electron chi connectivity index (χ0n) is 15.0. The van der Waals surface area contributed by atoms with E-state index in [-0.39, 0.29) is 16.3 Å². The number of benzene rings is 1. The van der Waals surface area contributed by atoms with Crippen molar-refractivity contribution in [3.63, 3.8) is 0 Å². The van der Waals surface area contributed by atoms with E-state index in [0.29, 0.717) is 12.2 Å². The maximum atomic E-state index is 14.1. The Kier molecular flexibility index (Phi) is 5.97. The molecule has 1 heterocycles. The summed E-state index contributed by atoms with van der Waals surface area (Å²) >= 11 is 0. The van der Waals surface area contributed by atoms with Crippen LogP contribution in [-0.4, -0.2) is 32.2 Å². The minimum atomic E-state index is -3.65. The number of hydrogen-bond donors (Lipinski definition) is 1. The largest absolute Gasteiger partial charge is 0.477 e. The Hall–Kier alpha value is -2.48. The summed E-state index contributed by atoms with van der Waals surface area (Å²) in [5.74, 6) is -1.03. The van der Waals surface area contributed by atoms with Crippen molar-refractivity contribution in [3.8, 4) is 5.88 Å². The number of nitrogens with one attached hydrogen (secondary N) is 1. The number of sulfone groups is 1. The van der Waals surface area contributed by atoms with E-state index in [1.807, 2.05) is 0 Å². The van der Waals surface area contributed by atoms with E-state index in [1.165, 1.54) is 12.1 Å². The van der Waals surface area contributed by atoms with Crippen molar-refractivity contribution < 1.29 is 22.3 Å². The number of carbonyl (C=O) groups is 1. The molecular weight excluding hydrogens is 359 g/mol. The quantitative estimate of drug-likeness (QED) is 0.833. The number of rotatable bonds is 6. The summed E-state index contributed by atoms with van der Waals surface area (Å²) in [7, 11) is -3.65. The molecule has 1 aromatic heterocycles. The maximum absolute atomic E-state index is 14.1. The van der Waals surface area contributed by atoms with E-state index in [4.69, 9.17) is 4.74 Å². The Labute approximate surface area is 152 Å². The predicted octanol–water partition coefficient (Wildman–Crippen LogP) is 2.82. The molecule has 0 radical (unpaired) electrons. The van der Waals surface area contributed by atoms with E-state index in [9.17, 15) is 17.6 Å². The van der Waals surface area contributed by atoms with Crippen LogP contribution in [0.1, 0.15) is 41.5 Å². The van der Waals surface area contributed by atoms with Crippen molar-refractivity contribution in [1.29, 1.82) is 0 Å². The lowest BCUT2D eigenvalue weighted by molar-refractivity contribution is 0.0935. The van der Waals surface area contributed by atoms with Gasteiger partial charge in [0.25, 0.3) is 5.91 Å². The average Bonchev–Trinajstić information content (AvgIpc) is 2.53. The lowest BCUT2D eigenvalue weighted by atomic mass is 10.1. The molecule has 8 heteroatoms. The first kappa shape index (κ1) is 19.8. The number of carbonyl (C=O) groups excluding carboxylic acids is 1. The third-order valence-electron chi connectivity index (χ3n) is 3.73. The molecule has 2 aromatic rings. The molecule has 26 heavy (non-hydrogen) atoms. The lowest BCUT2D eigenvalue weighted by Crippen LogP contribution is -2.27. The van der Waals surface area contributed by atoms with Gasteiger partial charge in [-0.1, -0.05) is 6.07 Å². The first-order valence-electron chi connectivity index (χ1n) is 8.04. The smallest absolute Gasteiger partial charge is 0.257 e.